The highest BCUT2D eigenvalue weighted by molar-refractivity contribution is 6.31. The number of aliphatic hydroxyl groups is 1. The maximum absolute atomic E-state index is 9.93. The van der Waals surface area contributed by atoms with Gasteiger partial charge in [-0.15, -0.1) is 0 Å². The second kappa shape index (κ2) is 7.59. The second-order valence-corrected chi connectivity index (χ2v) is 6.82. The summed E-state index contributed by atoms with van der Waals surface area (Å²) >= 11 is 6.06. The van der Waals surface area contributed by atoms with E-state index in [-0.39, 0.29) is 0 Å². The molecule has 118 valence electrons. The number of rotatable bonds is 9. The van der Waals surface area contributed by atoms with Crippen LogP contribution in [0.1, 0.15) is 32.3 Å². The van der Waals surface area contributed by atoms with Gasteiger partial charge >= 0.3 is 0 Å². The summed E-state index contributed by atoms with van der Waals surface area (Å²) in [6.07, 6.45) is 2.13. The van der Waals surface area contributed by atoms with E-state index in [0.717, 1.165) is 12.1 Å². The molecular formula is C17H26ClNO2. The lowest BCUT2D eigenvalue weighted by atomic mass is 9.92. The highest BCUT2D eigenvalue weighted by Gasteiger charge is 2.44. The van der Waals surface area contributed by atoms with Crippen LogP contribution in [0.15, 0.2) is 24.3 Å². The fraction of sp³-hybridized carbons (Fsp3) is 0.647. The molecule has 0 aromatic heterocycles. The summed E-state index contributed by atoms with van der Waals surface area (Å²) in [6, 6.07) is 7.61. The molecule has 1 saturated carbocycles. The molecule has 0 amide bonds. The third-order valence-corrected chi connectivity index (χ3v) is 4.87. The van der Waals surface area contributed by atoms with Gasteiger partial charge in [-0.3, -0.25) is 0 Å². The Hall–Kier alpha value is -0.610. The van der Waals surface area contributed by atoms with Gasteiger partial charge in [0.2, 0.25) is 0 Å². The molecule has 4 heteroatoms. The van der Waals surface area contributed by atoms with Gasteiger partial charge in [-0.1, -0.05) is 43.6 Å². The lowest BCUT2D eigenvalue weighted by Gasteiger charge is -2.21. The molecule has 1 atom stereocenters. The Morgan fingerprint density at radius 1 is 1.33 bits per heavy atom. The molecule has 3 nitrogen and oxygen atoms in total. The fourth-order valence-electron chi connectivity index (χ4n) is 2.59. The minimum Gasteiger partial charge on any atom is -0.389 e. The van der Waals surface area contributed by atoms with Gasteiger partial charge in [-0.05, 0) is 35.8 Å². The molecule has 1 aliphatic rings. The van der Waals surface area contributed by atoms with Gasteiger partial charge in [0.05, 0.1) is 19.3 Å². The Balaban J connectivity index is 1.60. The van der Waals surface area contributed by atoms with Crippen molar-refractivity contribution in [2.24, 2.45) is 11.3 Å². The van der Waals surface area contributed by atoms with Crippen molar-refractivity contribution < 1.29 is 9.84 Å². The average molecular weight is 312 g/mol. The van der Waals surface area contributed by atoms with Crippen molar-refractivity contribution in [1.29, 1.82) is 0 Å². The normalized spacial score (nSPS) is 18.0. The van der Waals surface area contributed by atoms with Crippen molar-refractivity contribution in [3.63, 3.8) is 0 Å². The van der Waals surface area contributed by atoms with Crippen LogP contribution in [0.4, 0.5) is 0 Å². The molecule has 0 heterocycles. The van der Waals surface area contributed by atoms with E-state index in [1.807, 2.05) is 24.3 Å². The van der Waals surface area contributed by atoms with E-state index in [1.165, 1.54) is 12.8 Å². The summed E-state index contributed by atoms with van der Waals surface area (Å²) in [4.78, 5) is 0. The number of nitrogens with one attached hydrogen (secondary N) is 1. The fourth-order valence-corrected chi connectivity index (χ4v) is 2.78. The maximum atomic E-state index is 9.93. The Morgan fingerprint density at radius 3 is 2.67 bits per heavy atom. The first kappa shape index (κ1) is 16.8. The molecule has 0 saturated heterocycles. The monoisotopic (exact) mass is 311 g/mol. The van der Waals surface area contributed by atoms with Crippen molar-refractivity contribution in [3.8, 4) is 0 Å². The Bertz CT molecular complexity index is 446. The molecule has 0 radical (unpaired) electrons. The second-order valence-electron chi connectivity index (χ2n) is 6.41. The van der Waals surface area contributed by atoms with Crippen LogP contribution in [0, 0.1) is 11.3 Å². The molecule has 1 unspecified atom stereocenters. The van der Waals surface area contributed by atoms with Crippen LogP contribution < -0.4 is 5.32 Å². The van der Waals surface area contributed by atoms with Crippen LogP contribution in [0.25, 0.3) is 0 Å². The molecule has 0 bridgehead atoms. The molecule has 2 N–H and O–H groups in total. The van der Waals surface area contributed by atoms with Gasteiger partial charge in [-0.25, -0.2) is 0 Å². The van der Waals surface area contributed by atoms with Crippen molar-refractivity contribution in [3.05, 3.63) is 34.9 Å². The summed E-state index contributed by atoms with van der Waals surface area (Å²) < 4.78 is 5.53. The topological polar surface area (TPSA) is 41.5 Å². The van der Waals surface area contributed by atoms with E-state index < -0.39 is 6.10 Å². The summed E-state index contributed by atoms with van der Waals surface area (Å²) in [5.74, 6) is 0.707. The molecule has 1 aromatic carbocycles. The standard InChI is InChI=1S/C17H26ClNO2/c1-13(2)17(7-8-17)12-19-9-15(20)11-21-10-14-5-3-4-6-16(14)18/h3-6,13,15,19-20H,7-12H2,1-2H3. The molecule has 2 rings (SSSR count). The molecule has 0 spiro atoms. The van der Waals surface area contributed by atoms with Gasteiger partial charge in [0.1, 0.15) is 0 Å². The van der Waals surface area contributed by atoms with E-state index in [0.29, 0.717) is 36.1 Å². The summed E-state index contributed by atoms with van der Waals surface area (Å²) in [5.41, 5.74) is 1.43. The minimum atomic E-state index is -0.476. The van der Waals surface area contributed by atoms with Crippen molar-refractivity contribution in [1.82, 2.24) is 5.32 Å². The van der Waals surface area contributed by atoms with Crippen LogP contribution in [-0.2, 0) is 11.3 Å². The molecule has 1 aromatic rings. The first-order valence-corrected chi connectivity index (χ1v) is 8.11. The quantitative estimate of drug-likeness (QED) is 0.735. The van der Waals surface area contributed by atoms with Crippen LogP contribution in [-0.4, -0.2) is 30.9 Å². The first-order chi connectivity index (χ1) is 10.0. The van der Waals surface area contributed by atoms with Crippen LogP contribution in [0.2, 0.25) is 5.02 Å². The highest BCUT2D eigenvalue weighted by Crippen LogP contribution is 2.51. The van der Waals surface area contributed by atoms with Crippen LogP contribution in [0.5, 0.6) is 0 Å². The van der Waals surface area contributed by atoms with Crippen molar-refractivity contribution in [2.45, 2.75) is 39.4 Å². The van der Waals surface area contributed by atoms with E-state index >= 15 is 0 Å². The average Bonchev–Trinajstić information content (AvgIpc) is 3.22. The van der Waals surface area contributed by atoms with Crippen molar-refractivity contribution >= 4 is 11.6 Å². The Labute approximate surface area is 132 Å². The summed E-state index contributed by atoms with van der Waals surface area (Å²) in [6.45, 7) is 6.89. The third kappa shape index (κ3) is 4.96. The number of benzene rings is 1. The zero-order valence-electron chi connectivity index (χ0n) is 12.9. The number of ether oxygens (including phenoxy) is 1. The smallest absolute Gasteiger partial charge is 0.0897 e. The number of halogens is 1. The van der Waals surface area contributed by atoms with E-state index in [2.05, 4.69) is 19.2 Å². The van der Waals surface area contributed by atoms with E-state index in [9.17, 15) is 5.11 Å². The first-order valence-electron chi connectivity index (χ1n) is 7.73. The number of aliphatic hydroxyl groups excluding tert-OH is 1. The predicted molar refractivity (Wildman–Crippen MR) is 86.5 cm³/mol. The van der Waals surface area contributed by atoms with Gasteiger partial charge in [0.15, 0.2) is 0 Å². The summed E-state index contributed by atoms with van der Waals surface area (Å²) in [5, 5.41) is 14.0. The Morgan fingerprint density at radius 2 is 2.05 bits per heavy atom. The molecule has 21 heavy (non-hydrogen) atoms. The number of hydrogen-bond donors (Lipinski definition) is 2. The third-order valence-electron chi connectivity index (χ3n) is 4.50. The number of hydrogen-bond acceptors (Lipinski definition) is 3. The SMILES string of the molecule is CC(C)C1(CNCC(O)COCc2ccccc2Cl)CC1. The van der Waals surface area contributed by atoms with E-state index in [1.54, 1.807) is 0 Å². The zero-order valence-corrected chi connectivity index (χ0v) is 13.7. The van der Waals surface area contributed by atoms with Gasteiger partial charge in [0.25, 0.3) is 0 Å². The van der Waals surface area contributed by atoms with Crippen LogP contribution in [0.3, 0.4) is 0 Å². The highest BCUT2D eigenvalue weighted by atomic mass is 35.5. The Kier molecular flexibility index (Phi) is 6.06. The lowest BCUT2D eigenvalue weighted by molar-refractivity contribution is 0.0281. The zero-order chi connectivity index (χ0) is 15.3. The summed E-state index contributed by atoms with van der Waals surface area (Å²) in [7, 11) is 0. The molecular weight excluding hydrogens is 286 g/mol. The van der Waals surface area contributed by atoms with Gasteiger partial charge < -0.3 is 15.2 Å². The van der Waals surface area contributed by atoms with Crippen LogP contribution >= 0.6 is 11.6 Å². The predicted octanol–water partition coefficient (Wildman–Crippen LogP) is 3.24. The van der Waals surface area contributed by atoms with Gasteiger partial charge in [-0.2, -0.15) is 0 Å². The van der Waals surface area contributed by atoms with E-state index in [4.69, 9.17) is 16.3 Å². The molecule has 1 fully saturated rings. The molecule has 0 aliphatic heterocycles. The van der Waals surface area contributed by atoms with Crippen molar-refractivity contribution in [2.75, 3.05) is 19.7 Å². The molecule has 1 aliphatic carbocycles. The largest absolute Gasteiger partial charge is 0.389 e. The van der Waals surface area contributed by atoms with Gasteiger partial charge in [0, 0.05) is 18.1 Å². The lowest BCUT2D eigenvalue weighted by Crippen LogP contribution is -2.35. The maximum Gasteiger partial charge on any atom is 0.0897 e. The minimum absolute atomic E-state index is 0.326.